The lowest BCUT2D eigenvalue weighted by molar-refractivity contribution is 0.256. The van der Waals surface area contributed by atoms with E-state index in [1.807, 2.05) is 0 Å². The molecule has 2 heterocycles. The van der Waals surface area contributed by atoms with Crippen LogP contribution in [0.5, 0.6) is 11.6 Å². The number of halogens is 1. The number of nitrogens with zero attached hydrogens (tertiary/aromatic N) is 4. The summed E-state index contributed by atoms with van der Waals surface area (Å²) in [6.45, 7) is 1.63. The van der Waals surface area contributed by atoms with E-state index in [0.29, 0.717) is 16.6 Å². The number of ether oxygens (including phenoxy) is 2. The summed E-state index contributed by atoms with van der Waals surface area (Å²) >= 11 is 5.78. The lowest BCUT2D eigenvalue weighted by atomic mass is 10.4. The SMILES string of the molecule is COc1cc(C)nc(NC(=O)NS(=O)(=O)c2c(OC)c(Cl)nn2C=C=O)n1. The minimum absolute atomic E-state index is 0.170. The fraction of sp³-hybridized carbons (Fsp3) is 0.231. The second kappa shape index (κ2) is 8.03. The van der Waals surface area contributed by atoms with Crippen molar-refractivity contribution in [2.75, 3.05) is 19.5 Å². The van der Waals surface area contributed by atoms with E-state index in [9.17, 15) is 18.0 Å². The third kappa shape index (κ3) is 4.53. The number of anilines is 1. The van der Waals surface area contributed by atoms with Crippen molar-refractivity contribution in [2.24, 2.45) is 0 Å². The van der Waals surface area contributed by atoms with Crippen molar-refractivity contribution in [3.05, 3.63) is 16.9 Å². The van der Waals surface area contributed by atoms with Crippen LogP contribution in [0.1, 0.15) is 5.69 Å². The van der Waals surface area contributed by atoms with Crippen LogP contribution in [0, 0.1) is 6.92 Å². The summed E-state index contributed by atoms with van der Waals surface area (Å²) in [5.74, 6) is 0.975. The zero-order chi connectivity index (χ0) is 20.2. The summed E-state index contributed by atoms with van der Waals surface area (Å²) in [6.07, 6.45) is 0.662. The highest BCUT2D eigenvalue weighted by Crippen LogP contribution is 2.31. The van der Waals surface area contributed by atoms with Crippen molar-refractivity contribution in [3.8, 4) is 11.6 Å². The van der Waals surface area contributed by atoms with E-state index in [2.05, 4.69) is 20.4 Å². The number of nitrogens with one attached hydrogen (secondary N) is 2. The van der Waals surface area contributed by atoms with Gasteiger partial charge in [0, 0.05) is 11.8 Å². The highest BCUT2D eigenvalue weighted by Gasteiger charge is 2.30. The molecule has 0 aromatic carbocycles. The molecule has 0 atom stereocenters. The van der Waals surface area contributed by atoms with Crippen molar-refractivity contribution in [1.29, 1.82) is 0 Å². The molecule has 2 aromatic rings. The Balaban J connectivity index is 2.33. The molecule has 0 aliphatic rings. The maximum absolute atomic E-state index is 12.5. The van der Waals surface area contributed by atoms with E-state index in [4.69, 9.17) is 21.1 Å². The van der Waals surface area contributed by atoms with Crippen LogP contribution in [0.4, 0.5) is 10.7 Å². The molecule has 14 heteroatoms. The highest BCUT2D eigenvalue weighted by atomic mass is 35.5. The zero-order valence-corrected chi connectivity index (χ0v) is 15.8. The van der Waals surface area contributed by atoms with Gasteiger partial charge in [-0.15, -0.1) is 0 Å². The molecule has 0 spiro atoms. The molecular weight excluding hydrogens is 404 g/mol. The van der Waals surface area contributed by atoms with Gasteiger partial charge in [0.15, 0.2) is 10.9 Å². The van der Waals surface area contributed by atoms with Gasteiger partial charge in [-0.05, 0) is 6.92 Å². The molecule has 2 aromatic heterocycles. The Hall–Kier alpha value is -3.15. The van der Waals surface area contributed by atoms with Crippen LogP contribution in [0.3, 0.4) is 0 Å². The Labute approximate surface area is 158 Å². The molecule has 0 saturated carbocycles. The summed E-state index contributed by atoms with van der Waals surface area (Å²) < 4.78 is 37.2. The normalized spacial score (nSPS) is 10.7. The predicted molar refractivity (Wildman–Crippen MR) is 92.9 cm³/mol. The number of hydrogen-bond donors (Lipinski definition) is 2. The van der Waals surface area contributed by atoms with E-state index in [1.165, 1.54) is 19.1 Å². The molecule has 0 saturated heterocycles. The van der Waals surface area contributed by atoms with Crippen molar-refractivity contribution in [2.45, 2.75) is 11.9 Å². The van der Waals surface area contributed by atoms with Crippen molar-refractivity contribution in [3.63, 3.8) is 0 Å². The first kappa shape index (κ1) is 20.2. The van der Waals surface area contributed by atoms with Gasteiger partial charge in [-0.25, -0.2) is 24.0 Å². The Morgan fingerprint density at radius 3 is 2.63 bits per heavy atom. The number of urea groups is 1. The maximum atomic E-state index is 12.5. The van der Waals surface area contributed by atoms with Crippen LogP contribution >= 0.6 is 11.6 Å². The largest absolute Gasteiger partial charge is 0.491 e. The maximum Gasteiger partial charge on any atom is 0.335 e. The molecule has 0 fully saturated rings. The van der Waals surface area contributed by atoms with Gasteiger partial charge in [-0.1, -0.05) is 11.6 Å². The minimum Gasteiger partial charge on any atom is -0.491 e. The van der Waals surface area contributed by atoms with Gasteiger partial charge in [-0.3, -0.25) is 5.32 Å². The van der Waals surface area contributed by atoms with Gasteiger partial charge in [0.05, 0.1) is 14.2 Å². The molecule has 144 valence electrons. The molecule has 2 N–H and O–H groups in total. The molecule has 0 unspecified atom stereocenters. The molecule has 2 amide bonds. The number of sulfonamides is 1. The second-order valence-electron chi connectivity index (χ2n) is 4.76. The standard InChI is InChI=1S/C13H13ClN6O6S/c1-7-6-8(25-2)16-12(15-7)17-13(22)19-27(23,24)11-9(26-3)10(14)18-20(11)4-5-21/h4,6H,1-3H3,(H2,15,16,17,19,22). The Morgan fingerprint density at radius 2 is 2.04 bits per heavy atom. The van der Waals surface area contributed by atoms with E-state index in [-0.39, 0.29) is 22.7 Å². The smallest absolute Gasteiger partial charge is 0.335 e. The molecule has 0 bridgehead atoms. The Kier molecular flexibility index (Phi) is 6.00. The first-order valence-electron chi connectivity index (χ1n) is 6.98. The fourth-order valence-electron chi connectivity index (χ4n) is 1.93. The number of hydrogen-bond acceptors (Lipinski definition) is 9. The number of aryl methyl sites for hydroxylation is 1. The lowest BCUT2D eigenvalue weighted by Crippen LogP contribution is -2.36. The topological polar surface area (TPSA) is 154 Å². The first-order valence-corrected chi connectivity index (χ1v) is 8.84. The minimum atomic E-state index is -4.55. The van der Waals surface area contributed by atoms with Crippen molar-refractivity contribution >= 4 is 45.7 Å². The average molecular weight is 417 g/mol. The van der Waals surface area contributed by atoms with E-state index in [1.54, 1.807) is 11.6 Å². The highest BCUT2D eigenvalue weighted by molar-refractivity contribution is 7.90. The second-order valence-corrected chi connectivity index (χ2v) is 6.71. The fourth-order valence-corrected chi connectivity index (χ4v) is 3.39. The van der Waals surface area contributed by atoms with Crippen LogP contribution in [-0.2, 0) is 14.8 Å². The van der Waals surface area contributed by atoms with Crippen LogP contribution in [0.15, 0.2) is 11.1 Å². The summed E-state index contributed by atoms with van der Waals surface area (Å²) in [6, 6.07) is 0.334. The summed E-state index contributed by atoms with van der Waals surface area (Å²) in [5, 5.41) is 4.76. The number of carbonyl (C=O) groups is 1. The summed E-state index contributed by atoms with van der Waals surface area (Å²) in [7, 11) is -2.04. The quantitative estimate of drug-likeness (QED) is 0.639. The van der Waals surface area contributed by atoms with Gasteiger partial charge in [0.1, 0.15) is 12.1 Å². The van der Waals surface area contributed by atoms with E-state index >= 15 is 0 Å². The van der Waals surface area contributed by atoms with Gasteiger partial charge < -0.3 is 9.47 Å². The van der Waals surface area contributed by atoms with Gasteiger partial charge in [0.25, 0.3) is 10.0 Å². The molecule has 27 heavy (non-hydrogen) atoms. The number of methoxy groups -OCH3 is 2. The molecule has 0 radical (unpaired) electrons. The average Bonchev–Trinajstić information content (AvgIpc) is 2.90. The van der Waals surface area contributed by atoms with Gasteiger partial charge >= 0.3 is 6.03 Å². The van der Waals surface area contributed by atoms with E-state index in [0.717, 1.165) is 7.11 Å². The van der Waals surface area contributed by atoms with Crippen LogP contribution < -0.4 is 19.5 Å². The number of amides is 2. The first-order chi connectivity index (χ1) is 12.7. The third-order valence-corrected chi connectivity index (χ3v) is 4.49. The zero-order valence-electron chi connectivity index (χ0n) is 14.2. The van der Waals surface area contributed by atoms with Crippen LogP contribution in [0.25, 0.3) is 6.20 Å². The number of rotatable bonds is 6. The van der Waals surface area contributed by atoms with Gasteiger partial charge in [-0.2, -0.15) is 18.5 Å². The van der Waals surface area contributed by atoms with Crippen molar-refractivity contribution in [1.82, 2.24) is 24.5 Å². The van der Waals surface area contributed by atoms with Gasteiger partial charge in [0.2, 0.25) is 16.9 Å². The summed E-state index contributed by atoms with van der Waals surface area (Å²) in [4.78, 5) is 30.4. The Morgan fingerprint density at radius 1 is 1.33 bits per heavy atom. The predicted octanol–water partition coefficient (Wildman–Crippen LogP) is 0.465. The Bertz CT molecular complexity index is 1030. The van der Waals surface area contributed by atoms with Crippen LogP contribution in [0.2, 0.25) is 5.15 Å². The molecule has 2 rings (SSSR count). The number of carbonyl (C=O) groups excluding carboxylic acids is 2. The summed E-state index contributed by atoms with van der Waals surface area (Å²) in [5.41, 5.74) is 0.475. The molecule has 12 nitrogen and oxygen atoms in total. The lowest BCUT2D eigenvalue weighted by Gasteiger charge is -2.10. The molecule has 0 aliphatic heterocycles. The molecule has 0 aliphatic carbocycles. The van der Waals surface area contributed by atoms with Crippen LogP contribution in [-0.4, -0.2) is 54.4 Å². The van der Waals surface area contributed by atoms with Crippen molar-refractivity contribution < 1.29 is 27.5 Å². The van der Waals surface area contributed by atoms with E-state index < -0.39 is 21.1 Å². The number of aromatic nitrogens is 4. The molecular formula is C13H13ClN6O6S. The monoisotopic (exact) mass is 416 g/mol. The third-order valence-electron chi connectivity index (χ3n) is 2.91.